The Bertz CT molecular complexity index is 554. The van der Waals surface area contributed by atoms with Crippen LogP contribution < -0.4 is 0 Å². The molecule has 2 heterocycles. The summed E-state index contributed by atoms with van der Waals surface area (Å²) in [6, 6.07) is -1.22. The van der Waals surface area contributed by atoms with Gasteiger partial charge in [0.2, 0.25) is 0 Å². The fourth-order valence-electron chi connectivity index (χ4n) is 2.61. The van der Waals surface area contributed by atoms with Gasteiger partial charge in [0.05, 0.1) is 6.20 Å². The summed E-state index contributed by atoms with van der Waals surface area (Å²) < 4.78 is 28.6. The molecule has 120 valence electrons. The van der Waals surface area contributed by atoms with E-state index in [2.05, 4.69) is 9.97 Å². The van der Waals surface area contributed by atoms with E-state index in [1.54, 1.807) is 0 Å². The Hall–Kier alpha value is -2.12. The molecule has 2 atom stereocenters. The van der Waals surface area contributed by atoms with Gasteiger partial charge in [0, 0.05) is 18.9 Å². The molecular weight excluding hydrogens is 296 g/mol. The summed E-state index contributed by atoms with van der Waals surface area (Å²) >= 11 is 0. The third-order valence-electron chi connectivity index (χ3n) is 3.96. The number of aliphatic carboxylic acids is 1. The number of carbonyl (C=O) groups is 2. The highest BCUT2D eigenvalue weighted by Gasteiger charge is 2.49. The number of hydrogen-bond acceptors (Lipinski definition) is 4. The van der Waals surface area contributed by atoms with Crippen molar-refractivity contribution in [2.45, 2.75) is 38.2 Å². The SMILES string of the molecule is CCC1CCC(C(=O)O)N(C(=O)C(F)(F)c2cnccn2)C1. The van der Waals surface area contributed by atoms with Gasteiger partial charge >= 0.3 is 11.9 Å². The molecule has 0 saturated carbocycles. The average molecular weight is 313 g/mol. The molecule has 0 bridgehead atoms. The molecule has 0 spiro atoms. The standard InChI is InChI=1S/C14H17F2N3O3/c1-2-9-3-4-10(12(20)21)19(8-9)13(22)14(15,16)11-7-17-5-6-18-11/h5-7,9-10H,2-4,8H2,1H3,(H,20,21). The highest BCUT2D eigenvalue weighted by Crippen LogP contribution is 2.33. The van der Waals surface area contributed by atoms with Crippen LogP contribution in [-0.4, -0.2) is 44.4 Å². The number of hydrogen-bond donors (Lipinski definition) is 1. The smallest absolute Gasteiger partial charge is 0.367 e. The number of halogens is 2. The number of amides is 1. The summed E-state index contributed by atoms with van der Waals surface area (Å²) in [5.41, 5.74) is -0.775. The van der Waals surface area contributed by atoms with Gasteiger partial charge < -0.3 is 10.0 Å². The van der Waals surface area contributed by atoms with Crippen LogP contribution in [0.4, 0.5) is 8.78 Å². The van der Waals surface area contributed by atoms with E-state index in [1.165, 1.54) is 6.20 Å². The fourth-order valence-corrected chi connectivity index (χ4v) is 2.61. The van der Waals surface area contributed by atoms with E-state index in [9.17, 15) is 23.5 Å². The second kappa shape index (κ2) is 6.33. The minimum Gasteiger partial charge on any atom is -0.480 e. The fraction of sp³-hybridized carbons (Fsp3) is 0.571. The maximum absolute atomic E-state index is 14.3. The van der Waals surface area contributed by atoms with Crippen molar-refractivity contribution in [2.75, 3.05) is 6.54 Å². The van der Waals surface area contributed by atoms with Gasteiger partial charge in [0.1, 0.15) is 11.7 Å². The number of likely N-dealkylation sites (tertiary alicyclic amines) is 1. The van der Waals surface area contributed by atoms with Crippen LogP contribution in [0, 0.1) is 5.92 Å². The second-order valence-corrected chi connectivity index (χ2v) is 5.33. The van der Waals surface area contributed by atoms with Crippen molar-refractivity contribution in [3.05, 3.63) is 24.3 Å². The van der Waals surface area contributed by atoms with Crippen LogP contribution >= 0.6 is 0 Å². The molecule has 1 aromatic rings. The van der Waals surface area contributed by atoms with E-state index in [4.69, 9.17) is 0 Å². The Morgan fingerprint density at radius 3 is 2.68 bits per heavy atom. The lowest BCUT2D eigenvalue weighted by Gasteiger charge is -2.38. The molecule has 1 fully saturated rings. The first-order valence-corrected chi connectivity index (χ1v) is 7.06. The van der Waals surface area contributed by atoms with E-state index in [0.29, 0.717) is 12.8 Å². The molecule has 2 unspecified atom stereocenters. The van der Waals surface area contributed by atoms with E-state index in [0.717, 1.165) is 17.3 Å². The predicted octanol–water partition coefficient (Wildman–Crippen LogP) is 1.67. The normalized spacial score (nSPS) is 22.4. The van der Waals surface area contributed by atoms with Crippen molar-refractivity contribution >= 4 is 11.9 Å². The largest absolute Gasteiger partial charge is 0.480 e. The lowest BCUT2D eigenvalue weighted by Crippen LogP contribution is -2.54. The van der Waals surface area contributed by atoms with Gasteiger partial charge in [0.25, 0.3) is 5.91 Å². The first-order valence-electron chi connectivity index (χ1n) is 7.06. The summed E-state index contributed by atoms with van der Waals surface area (Å²) in [6.07, 6.45) is 4.58. The van der Waals surface area contributed by atoms with Crippen molar-refractivity contribution < 1.29 is 23.5 Å². The van der Waals surface area contributed by atoms with Crippen molar-refractivity contribution in [2.24, 2.45) is 5.92 Å². The highest BCUT2D eigenvalue weighted by molar-refractivity contribution is 5.88. The highest BCUT2D eigenvalue weighted by atomic mass is 19.3. The van der Waals surface area contributed by atoms with E-state index in [1.807, 2.05) is 6.92 Å². The maximum atomic E-state index is 14.3. The summed E-state index contributed by atoms with van der Waals surface area (Å²) in [5.74, 6) is -6.66. The van der Waals surface area contributed by atoms with Gasteiger partial charge in [0.15, 0.2) is 0 Å². The summed E-state index contributed by atoms with van der Waals surface area (Å²) in [6.45, 7) is 1.90. The second-order valence-electron chi connectivity index (χ2n) is 5.33. The number of aromatic nitrogens is 2. The Balaban J connectivity index is 2.29. The number of carbonyl (C=O) groups excluding carboxylic acids is 1. The number of piperidine rings is 1. The lowest BCUT2D eigenvalue weighted by molar-refractivity contribution is -0.170. The van der Waals surface area contributed by atoms with Crippen LogP contribution in [0.25, 0.3) is 0 Å². The molecule has 0 aromatic carbocycles. The quantitative estimate of drug-likeness (QED) is 0.914. The number of carboxylic acids is 1. The number of alkyl halides is 2. The van der Waals surface area contributed by atoms with Crippen LogP contribution in [0.5, 0.6) is 0 Å². The van der Waals surface area contributed by atoms with Gasteiger partial charge in [-0.3, -0.25) is 14.8 Å². The first-order chi connectivity index (χ1) is 10.4. The minimum absolute atomic E-state index is 0.0160. The number of carboxylic acid groups (broad SMARTS) is 1. The Morgan fingerprint density at radius 2 is 2.14 bits per heavy atom. The zero-order valence-corrected chi connectivity index (χ0v) is 12.1. The number of nitrogens with zero attached hydrogens (tertiary/aromatic N) is 3. The molecule has 0 aliphatic carbocycles. The molecule has 1 amide bonds. The molecule has 1 aromatic heterocycles. The monoisotopic (exact) mass is 313 g/mol. The summed E-state index contributed by atoms with van der Waals surface area (Å²) in [5, 5.41) is 9.19. The van der Waals surface area contributed by atoms with Gasteiger partial charge in [-0.1, -0.05) is 13.3 Å². The zero-order valence-electron chi connectivity index (χ0n) is 12.1. The van der Waals surface area contributed by atoms with Crippen LogP contribution in [-0.2, 0) is 15.5 Å². The molecule has 6 nitrogen and oxygen atoms in total. The third-order valence-corrected chi connectivity index (χ3v) is 3.96. The Morgan fingerprint density at radius 1 is 1.41 bits per heavy atom. The van der Waals surface area contributed by atoms with Crippen LogP contribution in [0.2, 0.25) is 0 Å². The minimum atomic E-state index is -3.89. The van der Waals surface area contributed by atoms with E-state index < -0.39 is 29.5 Å². The molecule has 1 aliphatic heterocycles. The molecule has 22 heavy (non-hydrogen) atoms. The van der Waals surface area contributed by atoms with E-state index >= 15 is 0 Å². The molecule has 1 aliphatic rings. The zero-order chi connectivity index (χ0) is 16.3. The first kappa shape index (κ1) is 16.3. The third kappa shape index (κ3) is 3.05. The van der Waals surface area contributed by atoms with Crippen molar-refractivity contribution in [3.63, 3.8) is 0 Å². The molecule has 0 radical (unpaired) electrons. The van der Waals surface area contributed by atoms with Gasteiger partial charge in [-0.15, -0.1) is 0 Å². The Labute approximate surface area is 126 Å². The average Bonchev–Trinajstić information content (AvgIpc) is 2.54. The molecule has 1 N–H and O–H groups in total. The van der Waals surface area contributed by atoms with Gasteiger partial charge in [-0.25, -0.2) is 4.79 Å². The molecule has 8 heteroatoms. The Kier molecular flexibility index (Phi) is 4.68. The summed E-state index contributed by atoms with van der Waals surface area (Å²) in [7, 11) is 0. The lowest BCUT2D eigenvalue weighted by atomic mass is 9.90. The number of rotatable bonds is 4. The maximum Gasteiger partial charge on any atom is 0.367 e. The van der Waals surface area contributed by atoms with Crippen LogP contribution in [0.3, 0.4) is 0 Å². The van der Waals surface area contributed by atoms with Crippen molar-refractivity contribution in [1.82, 2.24) is 14.9 Å². The molecule has 2 rings (SSSR count). The molecule has 1 saturated heterocycles. The van der Waals surface area contributed by atoms with Crippen LogP contribution in [0.15, 0.2) is 18.6 Å². The summed E-state index contributed by atoms with van der Waals surface area (Å²) in [4.78, 5) is 31.3. The topological polar surface area (TPSA) is 83.4 Å². The van der Waals surface area contributed by atoms with Gasteiger partial charge in [-0.05, 0) is 18.8 Å². The van der Waals surface area contributed by atoms with Crippen molar-refractivity contribution in [1.29, 1.82) is 0 Å². The van der Waals surface area contributed by atoms with Gasteiger partial charge in [-0.2, -0.15) is 8.78 Å². The predicted molar refractivity (Wildman–Crippen MR) is 72.1 cm³/mol. The van der Waals surface area contributed by atoms with Crippen molar-refractivity contribution in [3.8, 4) is 0 Å². The van der Waals surface area contributed by atoms with E-state index in [-0.39, 0.29) is 18.9 Å². The van der Waals surface area contributed by atoms with Crippen LogP contribution in [0.1, 0.15) is 31.9 Å². The molecular formula is C14H17F2N3O3.